The van der Waals surface area contributed by atoms with Crippen molar-refractivity contribution in [2.45, 2.75) is 6.61 Å². The summed E-state index contributed by atoms with van der Waals surface area (Å²) in [5.74, 6) is -1.04. The van der Waals surface area contributed by atoms with Crippen molar-refractivity contribution in [2.75, 3.05) is 0 Å². The Bertz CT molecular complexity index is 1260. The van der Waals surface area contributed by atoms with Crippen molar-refractivity contribution in [3.05, 3.63) is 126 Å². The highest BCUT2D eigenvalue weighted by Crippen LogP contribution is 2.18. The third-order valence-corrected chi connectivity index (χ3v) is 4.92. The molecule has 0 atom stereocenters. The zero-order valence-electron chi connectivity index (χ0n) is 17.7. The van der Waals surface area contributed by atoms with Gasteiger partial charge in [0.15, 0.2) is 0 Å². The van der Waals surface area contributed by atoms with Crippen molar-refractivity contribution in [1.82, 2.24) is 9.88 Å². The molecule has 0 saturated carbocycles. The summed E-state index contributed by atoms with van der Waals surface area (Å²) >= 11 is 0. The number of rotatable bonds is 8. The van der Waals surface area contributed by atoms with Crippen molar-refractivity contribution >= 4 is 18.0 Å². The molecule has 4 aromatic rings. The van der Waals surface area contributed by atoms with E-state index < -0.39 is 11.9 Å². The van der Waals surface area contributed by atoms with E-state index in [2.05, 4.69) is 11.4 Å². The summed E-state index contributed by atoms with van der Waals surface area (Å²) in [7, 11) is 0. The molecule has 164 valence electrons. The van der Waals surface area contributed by atoms with Crippen LogP contribution < -0.4 is 10.1 Å². The Balaban J connectivity index is 1.41. The molecule has 4 rings (SSSR count). The summed E-state index contributed by atoms with van der Waals surface area (Å²) in [6.45, 7) is 0.401. The summed E-state index contributed by atoms with van der Waals surface area (Å²) < 4.78 is 7.91. The van der Waals surface area contributed by atoms with Gasteiger partial charge in [-0.3, -0.25) is 4.79 Å². The molecule has 33 heavy (non-hydrogen) atoms. The lowest BCUT2D eigenvalue weighted by atomic mass is 10.1. The zero-order valence-corrected chi connectivity index (χ0v) is 17.7. The molecule has 1 aromatic heterocycles. The largest absolute Gasteiger partial charge is 0.489 e. The summed E-state index contributed by atoms with van der Waals surface area (Å²) in [5.41, 5.74) is 2.89. The van der Waals surface area contributed by atoms with E-state index in [9.17, 15) is 14.7 Å². The Morgan fingerprint density at radius 2 is 1.61 bits per heavy atom. The van der Waals surface area contributed by atoms with E-state index >= 15 is 0 Å². The maximum Gasteiger partial charge on any atom is 0.352 e. The van der Waals surface area contributed by atoms with E-state index in [1.807, 2.05) is 47.3 Å². The smallest absolute Gasteiger partial charge is 0.352 e. The number of aromatic nitrogens is 1. The van der Waals surface area contributed by atoms with Crippen molar-refractivity contribution in [1.29, 1.82) is 0 Å². The molecule has 0 aliphatic carbocycles. The highest BCUT2D eigenvalue weighted by Gasteiger charge is 2.13. The van der Waals surface area contributed by atoms with E-state index in [-0.39, 0.29) is 5.70 Å². The Hall–Kier alpha value is -4.58. The summed E-state index contributed by atoms with van der Waals surface area (Å²) in [5, 5.41) is 11.9. The van der Waals surface area contributed by atoms with Gasteiger partial charge in [-0.15, -0.1) is 0 Å². The minimum Gasteiger partial charge on any atom is -0.489 e. The third-order valence-electron chi connectivity index (χ3n) is 4.92. The molecular weight excluding hydrogens is 416 g/mol. The van der Waals surface area contributed by atoms with Crippen LogP contribution in [-0.4, -0.2) is 21.6 Å². The van der Waals surface area contributed by atoms with E-state index in [1.54, 1.807) is 54.6 Å². The van der Waals surface area contributed by atoms with Crippen LogP contribution >= 0.6 is 0 Å². The van der Waals surface area contributed by atoms with Gasteiger partial charge in [0.25, 0.3) is 5.91 Å². The topological polar surface area (TPSA) is 80.6 Å². The van der Waals surface area contributed by atoms with Gasteiger partial charge in [-0.1, -0.05) is 42.5 Å². The number of carbonyl (C=O) groups excluding carboxylic acids is 1. The van der Waals surface area contributed by atoms with Crippen molar-refractivity contribution in [3.63, 3.8) is 0 Å². The van der Waals surface area contributed by atoms with Crippen molar-refractivity contribution < 1.29 is 19.4 Å². The summed E-state index contributed by atoms with van der Waals surface area (Å²) in [6, 6.07) is 27.5. The number of nitrogens with one attached hydrogen (secondary N) is 1. The van der Waals surface area contributed by atoms with Crippen molar-refractivity contribution in [3.8, 4) is 11.4 Å². The van der Waals surface area contributed by atoms with Crippen LogP contribution in [0.5, 0.6) is 5.75 Å². The van der Waals surface area contributed by atoms with Gasteiger partial charge in [0.05, 0.1) is 0 Å². The quantitative estimate of drug-likeness (QED) is 0.383. The number of hydrogen-bond acceptors (Lipinski definition) is 3. The van der Waals surface area contributed by atoms with Gasteiger partial charge < -0.3 is 19.7 Å². The summed E-state index contributed by atoms with van der Waals surface area (Å²) in [4.78, 5) is 23.9. The van der Waals surface area contributed by atoms with Crippen LogP contribution in [0.15, 0.2) is 109 Å². The van der Waals surface area contributed by atoms with Crippen molar-refractivity contribution in [2.24, 2.45) is 0 Å². The van der Waals surface area contributed by atoms with Crippen LogP contribution in [0.4, 0.5) is 0 Å². The normalized spacial score (nSPS) is 11.1. The van der Waals surface area contributed by atoms with Gasteiger partial charge >= 0.3 is 5.97 Å². The lowest BCUT2D eigenvalue weighted by Gasteiger charge is -2.09. The number of nitrogens with zero attached hydrogens (tertiary/aromatic N) is 1. The van der Waals surface area contributed by atoms with Gasteiger partial charge in [-0.05, 0) is 65.7 Å². The molecule has 0 spiro atoms. The fourth-order valence-electron chi connectivity index (χ4n) is 3.24. The first-order valence-corrected chi connectivity index (χ1v) is 10.3. The fourth-order valence-corrected chi connectivity index (χ4v) is 3.24. The molecule has 3 aromatic carbocycles. The second-order valence-electron chi connectivity index (χ2n) is 7.30. The van der Waals surface area contributed by atoms with Gasteiger partial charge in [-0.2, -0.15) is 0 Å². The second-order valence-corrected chi connectivity index (χ2v) is 7.30. The van der Waals surface area contributed by atoms with Gasteiger partial charge in [0.2, 0.25) is 0 Å². The maximum atomic E-state index is 12.3. The average molecular weight is 438 g/mol. The van der Waals surface area contributed by atoms with Crippen LogP contribution in [0.2, 0.25) is 0 Å². The Labute approximate surface area is 191 Å². The van der Waals surface area contributed by atoms with E-state index in [0.717, 1.165) is 11.3 Å². The van der Waals surface area contributed by atoms with Crippen LogP contribution in [0.25, 0.3) is 11.8 Å². The highest BCUT2D eigenvalue weighted by atomic mass is 16.5. The first kappa shape index (κ1) is 21.6. The molecule has 1 amide bonds. The first-order valence-electron chi connectivity index (χ1n) is 10.3. The number of carboxylic acid groups (broad SMARTS) is 1. The SMILES string of the molecule is O=C(O)C(=Cc1ccc(OCc2cccc(-n3cccc3)c2)cc1)NC(=O)c1ccccc1. The molecule has 6 heteroatoms. The average Bonchev–Trinajstić information content (AvgIpc) is 3.39. The van der Waals surface area contributed by atoms with E-state index in [4.69, 9.17) is 4.74 Å². The molecule has 0 fully saturated rings. The third kappa shape index (κ3) is 5.77. The Kier molecular flexibility index (Phi) is 6.66. The molecular formula is C27H22N2O4. The number of hydrogen-bond donors (Lipinski definition) is 2. The minimum atomic E-state index is -1.22. The first-order chi connectivity index (χ1) is 16.1. The fraction of sp³-hybridized carbons (Fsp3) is 0.0370. The lowest BCUT2D eigenvalue weighted by molar-refractivity contribution is -0.132. The molecule has 2 N–H and O–H groups in total. The number of amides is 1. The number of aliphatic carboxylic acids is 1. The van der Waals surface area contributed by atoms with E-state index in [0.29, 0.717) is 23.5 Å². The number of carbonyl (C=O) groups is 2. The Morgan fingerprint density at radius 3 is 2.30 bits per heavy atom. The monoisotopic (exact) mass is 438 g/mol. The number of benzene rings is 3. The zero-order chi connectivity index (χ0) is 23.0. The standard InChI is InChI=1S/C27H22N2O4/c30-26(22-8-2-1-3-9-22)28-25(27(31)32)18-20-11-13-24(14-12-20)33-19-21-7-6-10-23(17-21)29-15-4-5-16-29/h1-18H,19H2,(H,28,30)(H,31,32). The maximum absolute atomic E-state index is 12.3. The predicted octanol–water partition coefficient (Wildman–Crippen LogP) is 4.91. The summed E-state index contributed by atoms with van der Waals surface area (Å²) in [6.07, 6.45) is 5.38. The number of ether oxygens (including phenoxy) is 1. The van der Waals surface area contributed by atoms with Crippen LogP contribution in [0, 0.1) is 0 Å². The molecule has 0 aliphatic heterocycles. The van der Waals surface area contributed by atoms with Gasteiger partial charge in [-0.25, -0.2) is 4.79 Å². The second kappa shape index (κ2) is 10.2. The molecule has 1 heterocycles. The van der Waals surface area contributed by atoms with Gasteiger partial charge in [0.1, 0.15) is 18.1 Å². The van der Waals surface area contributed by atoms with Crippen LogP contribution in [-0.2, 0) is 11.4 Å². The Morgan fingerprint density at radius 1 is 0.879 bits per heavy atom. The molecule has 0 unspecified atom stereocenters. The molecule has 0 radical (unpaired) electrons. The predicted molar refractivity (Wildman–Crippen MR) is 126 cm³/mol. The van der Waals surface area contributed by atoms with Crippen LogP contribution in [0.3, 0.4) is 0 Å². The highest BCUT2D eigenvalue weighted by molar-refractivity contribution is 6.02. The molecule has 0 aliphatic rings. The van der Waals surface area contributed by atoms with Gasteiger partial charge in [0, 0.05) is 23.6 Å². The molecule has 6 nitrogen and oxygen atoms in total. The minimum absolute atomic E-state index is 0.209. The lowest BCUT2D eigenvalue weighted by Crippen LogP contribution is -2.27. The number of carboxylic acids is 1. The van der Waals surface area contributed by atoms with E-state index in [1.165, 1.54) is 6.08 Å². The van der Waals surface area contributed by atoms with Crippen LogP contribution in [0.1, 0.15) is 21.5 Å². The molecule has 0 bridgehead atoms. The molecule has 0 saturated heterocycles.